The van der Waals surface area contributed by atoms with Crippen molar-refractivity contribution in [3.63, 3.8) is 0 Å². The van der Waals surface area contributed by atoms with Gasteiger partial charge in [0.15, 0.2) is 6.23 Å². The number of nitrogens with zero attached hydrogens (tertiary/aromatic N) is 1. The van der Waals surface area contributed by atoms with E-state index in [2.05, 4.69) is 0 Å². The third-order valence-electron chi connectivity index (χ3n) is 2.18. The average molecular weight is 228 g/mol. The molecule has 0 radical (unpaired) electrons. The molecular formula is C9H9FN2O4. The second kappa shape index (κ2) is 4.03. The molecule has 0 saturated heterocycles. The molecule has 7 heteroatoms. The monoisotopic (exact) mass is 228 g/mol. The number of aliphatic hydroxyl groups excluding tert-OH is 1. The summed E-state index contributed by atoms with van der Waals surface area (Å²) in [5, 5.41) is 8.80. The quantitative estimate of drug-likeness (QED) is 0.644. The van der Waals surface area contributed by atoms with Crippen LogP contribution in [-0.2, 0) is 4.74 Å². The molecule has 1 aromatic rings. The Kier molecular flexibility index (Phi) is 2.71. The van der Waals surface area contributed by atoms with Crippen LogP contribution in [0, 0.1) is 5.82 Å². The lowest BCUT2D eigenvalue weighted by Gasteiger charge is -2.14. The molecule has 0 spiro atoms. The van der Waals surface area contributed by atoms with Crippen LogP contribution in [0.1, 0.15) is 6.23 Å². The van der Waals surface area contributed by atoms with Crippen LogP contribution >= 0.6 is 0 Å². The molecule has 86 valence electrons. The van der Waals surface area contributed by atoms with Crippen LogP contribution in [0.25, 0.3) is 0 Å². The fourth-order valence-electron chi connectivity index (χ4n) is 1.40. The third-order valence-corrected chi connectivity index (χ3v) is 2.18. The van der Waals surface area contributed by atoms with Gasteiger partial charge >= 0.3 is 5.69 Å². The molecule has 0 bridgehead atoms. The molecular weight excluding hydrogens is 219 g/mol. The van der Waals surface area contributed by atoms with Crippen LogP contribution in [-0.4, -0.2) is 27.4 Å². The Bertz CT molecular complexity index is 533. The predicted octanol–water partition coefficient (Wildman–Crippen LogP) is -0.878. The van der Waals surface area contributed by atoms with E-state index in [1.807, 2.05) is 4.98 Å². The number of ether oxygens (including phenoxy) is 1. The van der Waals surface area contributed by atoms with E-state index < -0.39 is 29.4 Å². The number of hydrogen-bond donors (Lipinski definition) is 2. The Morgan fingerprint density at radius 1 is 1.50 bits per heavy atom. The van der Waals surface area contributed by atoms with E-state index in [-0.39, 0.29) is 6.61 Å². The summed E-state index contributed by atoms with van der Waals surface area (Å²) in [4.78, 5) is 23.9. The topological polar surface area (TPSA) is 84.3 Å². The van der Waals surface area contributed by atoms with E-state index in [4.69, 9.17) is 9.84 Å². The summed E-state index contributed by atoms with van der Waals surface area (Å²) < 4.78 is 19.1. The maximum atomic E-state index is 13.0. The lowest BCUT2D eigenvalue weighted by Crippen LogP contribution is -2.34. The zero-order valence-corrected chi connectivity index (χ0v) is 8.09. The molecule has 0 aromatic carbocycles. The molecule has 2 atom stereocenters. The van der Waals surface area contributed by atoms with Crippen molar-refractivity contribution >= 4 is 0 Å². The van der Waals surface area contributed by atoms with E-state index in [0.717, 1.165) is 10.8 Å². The number of hydrogen-bond acceptors (Lipinski definition) is 4. The maximum absolute atomic E-state index is 13.0. The SMILES string of the molecule is O=c1[nH]c(=O)n(C2C=CC(CO)O2)cc1F. The fraction of sp³-hybridized carbons (Fsp3) is 0.333. The van der Waals surface area contributed by atoms with Gasteiger partial charge in [-0.05, 0) is 6.08 Å². The molecule has 6 nitrogen and oxygen atoms in total. The standard InChI is InChI=1S/C9H9FN2O4/c10-6-3-12(9(15)11-8(6)14)7-2-1-5(4-13)16-7/h1-3,5,7,13H,4H2,(H,11,14,15). The summed E-state index contributed by atoms with van der Waals surface area (Å²) in [6.07, 6.45) is 2.50. The van der Waals surface area contributed by atoms with Gasteiger partial charge in [0.2, 0.25) is 5.82 Å². The van der Waals surface area contributed by atoms with Gasteiger partial charge in [0.25, 0.3) is 5.56 Å². The van der Waals surface area contributed by atoms with Gasteiger partial charge in [0.05, 0.1) is 12.8 Å². The minimum Gasteiger partial charge on any atom is -0.393 e. The molecule has 0 saturated carbocycles. The van der Waals surface area contributed by atoms with Crippen molar-refractivity contribution in [3.05, 3.63) is 45.0 Å². The predicted molar refractivity (Wildman–Crippen MR) is 51.4 cm³/mol. The van der Waals surface area contributed by atoms with E-state index in [1.165, 1.54) is 6.08 Å². The van der Waals surface area contributed by atoms with Crippen molar-refractivity contribution < 1.29 is 14.2 Å². The third kappa shape index (κ3) is 1.82. The van der Waals surface area contributed by atoms with E-state index in [9.17, 15) is 14.0 Å². The highest BCUT2D eigenvalue weighted by atomic mass is 19.1. The number of nitrogens with one attached hydrogen (secondary N) is 1. The van der Waals surface area contributed by atoms with Crippen molar-refractivity contribution in [1.82, 2.24) is 9.55 Å². The van der Waals surface area contributed by atoms with Gasteiger partial charge in [-0.3, -0.25) is 14.3 Å². The molecule has 16 heavy (non-hydrogen) atoms. The Morgan fingerprint density at radius 2 is 2.25 bits per heavy atom. The van der Waals surface area contributed by atoms with Gasteiger partial charge in [-0.2, -0.15) is 4.39 Å². The number of aromatic amines is 1. The van der Waals surface area contributed by atoms with Crippen LogP contribution in [0.3, 0.4) is 0 Å². The first-order valence-corrected chi connectivity index (χ1v) is 4.57. The Morgan fingerprint density at radius 3 is 2.88 bits per heavy atom. The smallest absolute Gasteiger partial charge is 0.330 e. The van der Waals surface area contributed by atoms with Gasteiger partial charge in [-0.1, -0.05) is 6.08 Å². The Labute approximate surface area is 88.6 Å². The lowest BCUT2D eigenvalue weighted by atomic mass is 10.4. The normalized spacial score (nSPS) is 23.9. The Hall–Kier alpha value is -1.73. The van der Waals surface area contributed by atoms with Crippen molar-refractivity contribution in [1.29, 1.82) is 0 Å². The van der Waals surface area contributed by atoms with Crippen molar-refractivity contribution in [2.75, 3.05) is 6.61 Å². The number of aliphatic hydroxyl groups is 1. The van der Waals surface area contributed by atoms with E-state index >= 15 is 0 Å². The summed E-state index contributed by atoms with van der Waals surface area (Å²) in [6.45, 7) is -0.229. The fourth-order valence-corrected chi connectivity index (χ4v) is 1.40. The molecule has 0 fully saturated rings. The summed E-state index contributed by atoms with van der Waals surface area (Å²) >= 11 is 0. The molecule has 0 aliphatic carbocycles. The van der Waals surface area contributed by atoms with Crippen LogP contribution < -0.4 is 11.2 Å². The first-order chi connectivity index (χ1) is 7.61. The molecule has 2 rings (SSSR count). The zero-order chi connectivity index (χ0) is 11.7. The average Bonchev–Trinajstić information content (AvgIpc) is 2.71. The molecule has 1 aromatic heterocycles. The summed E-state index contributed by atoms with van der Waals surface area (Å²) in [7, 11) is 0. The molecule has 2 unspecified atom stereocenters. The number of aromatic nitrogens is 2. The highest BCUT2D eigenvalue weighted by Crippen LogP contribution is 2.18. The first-order valence-electron chi connectivity index (χ1n) is 4.57. The van der Waals surface area contributed by atoms with Crippen molar-refractivity contribution in [2.24, 2.45) is 0 Å². The molecule has 1 aliphatic heterocycles. The lowest BCUT2D eigenvalue weighted by molar-refractivity contribution is -0.0108. The van der Waals surface area contributed by atoms with Gasteiger partial charge in [0.1, 0.15) is 6.10 Å². The van der Waals surface area contributed by atoms with Crippen molar-refractivity contribution in [3.8, 4) is 0 Å². The Balaban J connectivity index is 2.36. The minimum atomic E-state index is -1.07. The van der Waals surface area contributed by atoms with Crippen molar-refractivity contribution in [2.45, 2.75) is 12.3 Å². The first kappa shape index (κ1) is 10.8. The number of rotatable bonds is 2. The largest absolute Gasteiger partial charge is 0.393 e. The van der Waals surface area contributed by atoms with Gasteiger partial charge in [-0.15, -0.1) is 0 Å². The summed E-state index contributed by atoms with van der Waals surface area (Å²) in [5.41, 5.74) is -1.83. The summed E-state index contributed by atoms with van der Waals surface area (Å²) in [6, 6.07) is 0. The maximum Gasteiger partial charge on any atom is 0.330 e. The second-order valence-corrected chi connectivity index (χ2v) is 3.28. The van der Waals surface area contributed by atoms with E-state index in [0.29, 0.717) is 0 Å². The minimum absolute atomic E-state index is 0.229. The second-order valence-electron chi connectivity index (χ2n) is 3.28. The molecule has 1 aliphatic rings. The number of H-pyrrole nitrogens is 1. The summed E-state index contributed by atoms with van der Waals surface area (Å²) in [5.74, 6) is -1.07. The highest BCUT2D eigenvalue weighted by Gasteiger charge is 2.21. The van der Waals surface area contributed by atoms with E-state index in [1.54, 1.807) is 6.08 Å². The van der Waals surface area contributed by atoms with Crippen LogP contribution in [0.5, 0.6) is 0 Å². The zero-order valence-electron chi connectivity index (χ0n) is 8.09. The van der Waals surface area contributed by atoms with Crippen LogP contribution in [0.2, 0.25) is 0 Å². The molecule has 0 amide bonds. The molecule has 2 heterocycles. The molecule has 2 N–H and O–H groups in total. The van der Waals surface area contributed by atoms with Crippen LogP contribution in [0.4, 0.5) is 4.39 Å². The van der Waals surface area contributed by atoms with Gasteiger partial charge < -0.3 is 9.84 Å². The number of halogens is 1. The van der Waals surface area contributed by atoms with Gasteiger partial charge in [-0.25, -0.2) is 4.79 Å². The van der Waals surface area contributed by atoms with Gasteiger partial charge in [0, 0.05) is 0 Å². The highest BCUT2D eigenvalue weighted by molar-refractivity contribution is 5.02. The van der Waals surface area contributed by atoms with Crippen LogP contribution in [0.15, 0.2) is 27.9 Å².